The van der Waals surface area contributed by atoms with E-state index in [0.717, 1.165) is 29.3 Å². The lowest BCUT2D eigenvalue weighted by atomic mass is 10.0. The van der Waals surface area contributed by atoms with Crippen LogP contribution in [0.25, 0.3) is 10.9 Å². The van der Waals surface area contributed by atoms with E-state index in [1.54, 1.807) is 6.20 Å². The molecule has 3 aromatic rings. The first-order valence-corrected chi connectivity index (χ1v) is 11.5. The van der Waals surface area contributed by atoms with E-state index in [1.807, 2.05) is 24.3 Å². The number of hydrogen-bond donors (Lipinski definition) is 3. The van der Waals surface area contributed by atoms with Gasteiger partial charge in [-0.05, 0) is 48.7 Å². The second kappa shape index (κ2) is 8.52. The third-order valence-corrected chi connectivity index (χ3v) is 7.43. The van der Waals surface area contributed by atoms with Crippen LogP contribution in [0.4, 0.5) is 0 Å². The SMILES string of the molecule is O=C(N[C@@H](Cc1c[nH]c2ccccc12)C(=O)O)c1ccc(S(=O)(=O)N2CCCC2)cc1. The number of sulfonamides is 1. The quantitative estimate of drug-likeness (QED) is 0.520. The van der Waals surface area contributed by atoms with E-state index >= 15 is 0 Å². The molecule has 1 aromatic heterocycles. The summed E-state index contributed by atoms with van der Waals surface area (Å²) in [6.07, 6.45) is 3.54. The Morgan fingerprint density at radius 2 is 1.74 bits per heavy atom. The molecule has 162 valence electrons. The van der Waals surface area contributed by atoms with Crippen LogP contribution in [-0.2, 0) is 21.2 Å². The summed E-state index contributed by atoms with van der Waals surface area (Å²) in [5, 5.41) is 13.0. The molecular formula is C22H23N3O5S. The molecular weight excluding hydrogens is 418 g/mol. The van der Waals surface area contributed by atoms with Crippen LogP contribution in [0, 0.1) is 0 Å². The molecule has 3 N–H and O–H groups in total. The first kappa shape index (κ1) is 21.1. The number of nitrogens with one attached hydrogen (secondary N) is 2. The summed E-state index contributed by atoms with van der Waals surface area (Å²) in [5.74, 6) is -1.72. The fraction of sp³-hybridized carbons (Fsp3) is 0.273. The standard InChI is InChI=1S/C22H23N3O5S/c26-21(15-7-9-17(10-8-15)31(29,30)25-11-3-4-12-25)24-20(22(27)28)13-16-14-23-19-6-2-1-5-18(16)19/h1-2,5-10,14,20,23H,3-4,11-13H2,(H,24,26)(H,27,28)/t20-/m0/s1. The zero-order chi connectivity index (χ0) is 22.0. The van der Waals surface area contributed by atoms with Crippen molar-refractivity contribution in [2.75, 3.05) is 13.1 Å². The summed E-state index contributed by atoms with van der Waals surface area (Å²) in [6.45, 7) is 0.997. The summed E-state index contributed by atoms with van der Waals surface area (Å²) in [6, 6.07) is 12.0. The van der Waals surface area contributed by atoms with E-state index < -0.39 is 27.9 Å². The van der Waals surface area contributed by atoms with Gasteiger partial charge in [0.1, 0.15) is 6.04 Å². The highest BCUT2D eigenvalue weighted by Crippen LogP contribution is 2.22. The number of amides is 1. The lowest BCUT2D eigenvalue weighted by molar-refractivity contribution is -0.139. The highest BCUT2D eigenvalue weighted by atomic mass is 32.2. The van der Waals surface area contributed by atoms with Gasteiger partial charge in [0, 0.05) is 42.2 Å². The van der Waals surface area contributed by atoms with Crippen LogP contribution in [0.2, 0.25) is 0 Å². The maximum absolute atomic E-state index is 12.6. The molecule has 8 nitrogen and oxygen atoms in total. The predicted molar refractivity (Wildman–Crippen MR) is 115 cm³/mol. The van der Waals surface area contributed by atoms with Crippen LogP contribution in [0.15, 0.2) is 59.6 Å². The molecule has 0 aliphatic carbocycles. The number of carbonyl (C=O) groups is 2. The van der Waals surface area contributed by atoms with Gasteiger partial charge in [-0.15, -0.1) is 0 Å². The van der Waals surface area contributed by atoms with Crippen LogP contribution in [0.5, 0.6) is 0 Å². The van der Waals surface area contributed by atoms with Crippen LogP contribution in [0.3, 0.4) is 0 Å². The average Bonchev–Trinajstić information content (AvgIpc) is 3.44. The number of para-hydroxylation sites is 1. The fourth-order valence-electron chi connectivity index (χ4n) is 3.82. The third-order valence-electron chi connectivity index (χ3n) is 5.52. The number of benzene rings is 2. The topological polar surface area (TPSA) is 120 Å². The van der Waals surface area contributed by atoms with Crippen molar-refractivity contribution >= 4 is 32.8 Å². The van der Waals surface area contributed by atoms with Crippen LogP contribution in [-0.4, -0.2) is 53.8 Å². The Bertz CT molecular complexity index is 1210. The van der Waals surface area contributed by atoms with Crippen molar-refractivity contribution in [2.45, 2.75) is 30.2 Å². The van der Waals surface area contributed by atoms with Crippen LogP contribution in [0.1, 0.15) is 28.8 Å². The number of carboxylic acids is 1. The Balaban J connectivity index is 1.48. The Morgan fingerprint density at radius 1 is 1.06 bits per heavy atom. The Hall–Kier alpha value is -3.17. The molecule has 9 heteroatoms. The van der Waals surface area contributed by atoms with Crippen molar-refractivity contribution < 1.29 is 23.1 Å². The van der Waals surface area contributed by atoms with Gasteiger partial charge in [-0.3, -0.25) is 4.79 Å². The van der Waals surface area contributed by atoms with Crippen LogP contribution < -0.4 is 5.32 Å². The number of H-pyrrole nitrogens is 1. The molecule has 31 heavy (non-hydrogen) atoms. The van der Waals surface area contributed by atoms with Gasteiger partial charge in [0.05, 0.1) is 4.90 Å². The largest absolute Gasteiger partial charge is 0.480 e. The minimum Gasteiger partial charge on any atom is -0.480 e. The first-order chi connectivity index (χ1) is 14.9. The van der Waals surface area contributed by atoms with Gasteiger partial charge in [-0.25, -0.2) is 13.2 Å². The maximum Gasteiger partial charge on any atom is 0.326 e. The molecule has 1 aliphatic heterocycles. The normalized spacial score (nSPS) is 15.7. The van der Waals surface area contributed by atoms with Crippen molar-refractivity contribution in [3.05, 3.63) is 65.9 Å². The Kier molecular flexibility index (Phi) is 5.79. The number of aliphatic carboxylic acids is 1. The smallest absolute Gasteiger partial charge is 0.326 e. The molecule has 1 saturated heterocycles. The lowest BCUT2D eigenvalue weighted by Crippen LogP contribution is -2.42. The number of carboxylic acid groups (broad SMARTS) is 1. The second-order valence-corrected chi connectivity index (χ2v) is 9.50. The molecule has 1 amide bonds. The summed E-state index contributed by atoms with van der Waals surface area (Å²) in [4.78, 5) is 27.6. The van der Waals surface area contributed by atoms with E-state index in [9.17, 15) is 23.1 Å². The van der Waals surface area contributed by atoms with E-state index in [4.69, 9.17) is 0 Å². The van der Waals surface area contributed by atoms with E-state index in [1.165, 1.54) is 28.6 Å². The molecule has 0 unspecified atom stereocenters. The summed E-state index contributed by atoms with van der Waals surface area (Å²) >= 11 is 0. The maximum atomic E-state index is 12.6. The van der Waals surface area contributed by atoms with Crippen molar-refractivity contribution in [1.82, 2.24) is 14.6 Å². The van der Waals surface area contributed by atoms with Gasteiger partial charge in [0.2, 0.25) is 10.0 Å². The molecule has 0 spiro atoms. The zero-order valence-electron chi connectivity index (χ0n) is 16.7. The number of hydrogen-bond acceptors (Lipinski definition) is 4. The Labute approximate surface area is 179 Å². The van der Waals surface area contributed by atoms with E-state index in [-0.39, 0.29) is 16.9 Å². The molecule has 2 heterocycles. The summed E-state index contributed by atoms with van der Waals surface area (Å²) in [7, 11) is -3.57. The zero-order valence-corrected chi connectivity index (χ0v) is 17.6. The average molecular weight is 442 g/mol. The van der Waals surface area contributed by atoms with E-state index in [0.29, 0.717) is 13.1 Å². The number of fused-ring (bicyclic) bond motifs is 1. The van der Waals surface area contributed by atoms with Crippen molar-refractivity contribution in [3.63, 3.8) is 0 Å². The third kappa shape index (κ3) is 4.33. The van der Waals surface area contributed by atoms with Gasteiger partial charge in [0.25, 0.3) is 5.91 Å². The van der Waals surface area contributed by atoms with Crippen molar-refractivity contribution in [3.8, 4) is 0 Å². The summed E-state index contributed by atoms with van der Waals surface area (Å²) < 4.78 is 26.7. The molecule has 1 aliphatic rings. The molecule has 0 saturated carbocycles. The highest BCUT2D eigenvalue weighted by molar-refractivity contribution is 7.89. The fourth-order valence-corrected chi connectivity index (χ4v) is 5.33. The van der Waals surface area contributed by atoms with Crippen LogP contribution >= 0.6 is 0 Å². The van der Waals surface area contributed by atoms with Gasteiger partial charge >= 0.3 is 5.97 Å². The van der Waals surface area contributed by atoms with Gasteiger partial charge in [-0.2, -0.15) is 4.31 Å². The molecule has 0 bridgehead atoms. The minimum absolute atomic E-state index is 0.118. The number of carbonyl (C=O) groups excluding carboxylic acids is 1. The highest BCUT2D eigenvalue weighted by Gasteiger charge is 2.27. The minimum atomic E-state index is -3.57. The molecule has 1 atom stereocenters. The second-order valence-electron chi connectivity index (χ2n) is 7.56. The molecule has 4 rings (SSSR count). The van der Waals surface area contributed by atoms with Crippen molar-refractivity contribution in [1.29, 1.82) is 0 Å². The van der Waals surface area contributed by atoms with Gasteiger partial charge < -0.3 is 15.4 Å². The number of aromatic nitrogens is 1. The monoisotopic (exact) mass is 441 g/mol. The number of aromatic amines is 1. The van der Waals surface area contributed by atoms with Gasteiger partial charge in [-0.1, -0.05) is 18.2 Å². The molecule has 1 fully saturated rings. The molecule has 2 aromatic carbocycles. The van der Waals surface area contributed by atoms with Crippen molar-refractivity contribution in [2.24, 2.45) is 0 Å². The predicted octanol–water partition coefficient (Wildman–Crippen LogP) is 2.38. The summed E-state index contributed by atoms with van der Waals surface area (Å²) in [5.41, 5.74) is 1.88. The van der Waals surface area contributed by atoms with Gasteiger partial charge in [0.15, 0.2) is 0 Å². The number of nitrogens with zero attached hydrogens (tertiary/aromatic N) is 1. The Morgan fingerprint density at radius 3 is 2.42 bits per heavy atom. The molecule has 0 radical (unpaired) electrons. The lowest BCUT2D eigenvalue weighted by Gasteiger charge is -2.16. The first-order valence-electron chi connectivity index (χ1n) is 10.0. The van der Waals surface area contributed by atoms with E-state index in [2.05, 4.69) is 10.3 Å². The number of rotatable bonds is 7.